The summed E-state index contributed by atoms with van der Waals surface area (Å²) in [5, 5.41) is 4.22. The Hall–Kier alpha value is -1.49. The zero-order valence-corrected chi connectivity index (χ0v) is 13.3. The summed E-state index contributed by atoms with van der Waals surface area (Å²) in [6.07, 6.45) is 0.552. The predicted octanol–water partition coefficient (Wildman–Crippen LogP) is 3.47. The molecule has 0 aromatic heterocycles. The number of hydrogen-bond acceptors (Lipinski definition) is 2. The largest absolute Gasteiger partial charge is 0.338 e. The number of halogens is 2. The molecule has 0 radical (unpaired) electrons. The molecule has 1 saturated heterocycles. The normalized spacial score (nSPS) is 23.4. The summed E-state index contributed by atoms with van der Waals surface area (Å²) >= 11 is 11.7. The van der Waals surface area contributed by atoms with Crippen molar-refractivity contribution in [3.05, 3.63) is 70.0 Å². The standard InChI is InChI=1S/C17H14ClFN2S/c18-12-6-4-11(5-7-12)17-10-14-13(2-1-3-15(14)19)16(22)21(17)9-8-20-17/h1-7,20H,8-10H2. The lowest BCUT2D eigenvalue weighted by atomic mass is 9.85. The van der Waals surface area contributed by atoms with E-state index >= 15 is 0 Å². The van der Waals surface area contributed by atoms with Gasteiger partial charge in [0, 0.05) is 35.7 Å². The third-order valence-electron chi connectivity index (χ3n) is 4.56. The topological polar surface area (TPSA) is 15.3 Å². The lowest BCUT2D eigenvalue weighted by Gasteiger charge is -2.44. The first-order valence-electron chi connectivity index (χ1n) is 7.22. The first-order valence-corrected chi connectivity index (χ1v) is 8.01. The molecule has 0 amide bonds. The van der Waals surface area contributed by atoms with Gasteiger partial charge in [0.2, 0.25) is 0 Å². The minimum atomic E-state index is -0.475. The van der Waals surface area contributed by atoms with E-state index in [2.05, 4.69) is 10.2 Å². The average molecular weight is 333 g/mol. The third-order valence-corrected chi connectivity index (χ3v) is 5.25. The lowest BCUT2D eigenvalue weighted by molar-refractivity contribution is 0.195. The van der Waals surface area contributed by atoms with Crippen LogP contribution in [0.3, 0.4) is 0 Å². The Balaban J connectivity index is 1.90. The van der Waals surface area contributed by atoms with Gasteiger partial charge in [0.15, 0.2) is 0 Å². The van der Waals surface area contributed by atoms with E-state index in [-0.39, 0.29) is 5.82 Å². The van der Waals surface area contributed by atoms with Crippen LogP contribution >= 0.6 is 23.8 Å². The minimum Gasteiger partial charge on any atom is -0.338 e. The molecule has 2 aliphatic rings. The Bertz CT molecular complexity index is 762. The van der Waals surface area contributed by atoms with Crippen molar-refractivity contribution in [2.24, 2.45) is 0 Å². The van der Waals surface area contributed by atoms with Crippen LogP contribution in [-0.4, -0.2) is 23.0 Å². The van der Waals surface area contributed by atoms with Crippen molar-refractivity contribution in [3.8, 4) is 0 Å². The highest BCUT2D eigenvalue weighted by molar-refractivity contribution is 7.80. The molecule has 1 N–H and O–H groups in total. The van der Waals surface area contributed by atoms with Gasteiger partial charge in [-0.15, -0.1) is 0 Å². The maximum Gasteiger partial charge on any atom is 0.127 e. The summed E-state index contributed by atoms with van der Waals surface area (Å²) in [5.74, 6) is -0.193. The molecule has 0 bridgehead atoms. The number of nitrogens with zero attached hydrogens (tertiary/aromatic N) is 1. The number of rotatable bonds is 1. The van der Waals surface area contributed by atoms with Crippen LogP contribution in [0.15, 0.2) is 42.5 Å². The van der Waals surface area contributed by atoms with E-state index in [0.29, 0.717) is 22.0 Å². The first kappa shape index (κ1) is 14.1. The van der Waals surface area contributed by atoms with Crippen molar-refractivity contribution in [3.63, 3.8) is 0 Å². The van der Waals surface area contributed by atoms with Crippen LogP contribution in [-0.2, 0) is 12.1 Å². The number of thiocarbonyl (C=S) groups is 1. The van der Waals surface area contributed by atoms with E-state index in [1.807, 2.05) is 30.3 Å². The monoisotopic (exact) mass is 332 g/mol. The van der Waals surface area contributed by atoms with Gasteiger partial charge in [-0.1, -0.05) is 48.1 Å². The molecule has 1 atom stereocenters. The van der Waals surface area contributed by atoms with Gasteiger partial charge in [-0.2, -0.15) is 0 Å². The Morgan fingerprint density at radius 1 is 1.18 bits per heavy atom. The van der Waals surface area contributed by atoms with Gasteiger partial charge in [0.25, 0.3) is 0 Å². The number of nitrogens with one attached hydrogen (secondary N) is 1. The second-order valence-corrected chi connectivity index (χ2v) is 6.52. The zero-order valence-electron chi connectivity index (χ0n) is 11.8. The van der Waals surface area contributed by atoms with Crippen LogP contribution in [0.25, 0.3) is 0 Å². The fraction of sp³-hybridized carbons (Fsp3) is 0.235. The van der Waals surface area contributed by atoms with Crippen LogP contribution in [0.4, 0.5) is 4.39 Å². The van der Waals surface area contributed by atoms with Gasteiger partial charge in [0.1, 0.15) is 16.5 Å². The molecule has 2 nitrogen and oxygen atoms in total. The summed E-state index contributed by atoms with van der Waals surface area (Å²) in [6.45, 7) is 1.63. The second-order valence-electron chi connectivity index (χ2n) is 5.69. The summed E-state index contributed by atoms with van der Waals surface area (Å²) in [6, 6.07) is 12.8. The second kappa shape index (κ2) is 5.01. The molecule has 0 saturated carbocycles. The van der Waals surface area contributed by atoms with Gasteiger partial charge >= 0.3 is 0 Å². The Morgan fingerprint density at radius 3 is 2.73 bits per heavy atom. The molecule has 5 heteroatoms. The van der Waals surface area contributed by atoms with E-state index in [9.17, 15) is 4.39 Å². The maximum absolute atomic E-state index is 14.3. The van der Waals surface area contributed by atoms with Gasteiger partial charge in [-0.25, -0.2) is 4.39 Å². The average Bonchev–Trinajstić information content (AvgIpc) is 2.95. The molecular formula is C17H14ClFN2S. The summed E-state index contributed by atoms with van der Waals surface area (Å²) < 4.78 is 14.3. The van der Waals surface area contributed by atoms with Crippen molar-refractivity contribution in [1.82, 2.24) is 10.2 Å². The zero-order chi connectivity index (χ0) is 15.3. The van der Waals surface area contributed by atoms with E-state index in [0.717, 1.165) is 24.2 Å². The van der Waals surface area contributed by atoms with Crippen molar-refractivity contribution < 1.29 is 4.39 Å². The first-order chi connectivity index (χ1) is 10.6. The fourth-order valence-corrected chi connectivity index (χ4v) is 4.08. The van der Waals surface area contributed by atoms with E-state index in [1.165, 1.54) is 6.07 Å². The highest BCUT2D eigenvalue weighted by Crippen LogP contribution is 2.40. The summed E-state index contributed by atoms with van der Waals surface area (Å²) in [7, 11) is 0. The smallest absolute Gasteiger partial charge is 0.127 e. The van der Waals surface area contributed by atoms with Gasteiger partial charge in [-0.05, 0) is 23.8 Å². The molecular weight excluding hydrogens is 319 g/mol. The van der Waals surface area contributed by atoms with Crippen LogP contribution in [0.2, 0.25) is 5.02 Å². The van der Waals surface area contributed by atoms with Gasteiger partial charge < -0.3 is 4.90 Å². The predicted molar refractivity (Wildman–Crippen MR) is 89.6 cm³/mol. The SMILES string of the molecule is Fc1cccc2c1CC1(c3ccc(Cl)cc3)NCCN1C2=S. The number of hydrogen-bond donors (Lipinski definition) is 1. The molecule has 0 spiro atoms. The highest BCUT2D eigenvalue weighted by Gasteiger charge is 2.48. The summed E-state index contributed by atoms with van der Waals surface area (Å²) in [5.41, 5.74) is 2.11. The van der Waals surface area contributed by atoms with Crippen molar-refractivity contribution >= 4 is 28.8 Å². The Kier molecular flexibility index (Phi) is 3.22. The quantitative estimate of drug-likeness (QED) is 0.805. The van der Waals surface area contributed by atoms with E-state index in [4.69, 9.17) is 23.8 Å². The lowest BCUT2D eigenvalue weighted by Crippen LogP contribution is -2.55. The van der Waals surface area contributed by atoms with Crippen molar-refractivity contribution in [1.29, 1.82) is 0 Å². The minimum absolute atomic E-state index is 0.193. The number of benzene rings is 2. The number of fused-ring (bicyclic) bond motifs is 2. The Morgan fingerprint density at radius 2 is 1.95 bits per heavy atom. The molecule has 1 unspecified atom stereocenters. The molecule has 22 heavy (non-hydrogen) atoms. The molecule has 2 aromatic rings. The van der Waals surface area contributed by atoms with E-state index < -0.39 is 5.66 Å². The van der Waals surface area contributed by atoms with Crippen LogP contribution in [0.1, 0.15) is 16.7 Å². The molecule has 112 valence electrons. The fourth-order valence-electron chi connectivity index (χ4n) is 3.52. The van der Waals surface area contributed by atoms with Crippen LogP contribution in [0.5, 0.6) is 0 Å². The highest BCUT2D eigenvalue weighted by atomic mass is 35.5. The van der Waals surface area contributed by atoms with Crippen molar-refractivity contribution in [2.75, 3.05) is 13.1 Å². The maximum atomic E-state index is 14.3. The third kappa shape index (κ3) is 1.91. The van der Waals surface area contributed by atoms with Gasteiger partial charge in [0.05, 0.1) is 0 Å². The molecule has 0 aliphatic carbocycles. The van der Waals surface area contributed by atoms with E-state index in [1.54, 1.807) is 6.07 Å². The summed E-state index contributed by atoms with van der Waals surface area (Å²) in [4.78, 5) is 2.88. The molecule has 1 fully saturated rings. The molecule has 4 rings (SSSR count). The van der Waals surface area contributed by atoms with Crippen LogP contribution < -0.4 is 5.32 Å². The molecule has 2 aliphatic heterocycles. The van der Waals surface area contributed by atoms with Crippen LogP contribution in [0, 0.1) is 5.82 Å². The molecule has 2 heterocycles. The van der Waals surface area contributed by atoms with Gasteiger partial charge in [-0.3, -0.25) is 5.32 Å². The molecule has 2 aromatic carbocycles. The Labute approximate surface area is 138 Å². The van der Waals surface area contributed by atoms with Crippen molar-refractivity contribution in [2.45, 2.75) is 12.1 Å².